The zero-order valence-corrected chi connectivity index (χ0v) is 16.0. The van der Waals surface area contributed by atoms with Gasteiger partial charge in [-0.25, -0.2) is 0 Å². The van der Waals surface area contributed by atoms with Crippen molar-refractivity contribution in [3.8, 4) is 0 Å². The third-order valence-corrected chi connectivity index (χ3v) is 5.33. The van der Waals surface area contributed by atoms with Crippen LogP contribution >= 0.6 is 11.3 Å². The highest BCUT2D eigenvalue weighted by atomic mass is 32.1. The molecule has 1 aromatic rings. The van der Waals surface area contributed by atoms with Crippen LogP contribution in [0.3, 0.4) is 0 Å². The molecule has 25 heavy (non-hydrogen) atoms. The predicted octanol–water partition coefficient (Wildman–Crippen LogP) is 5.16. The van der Waals surface area contributed by atoms with Crippen LogP contribution in [0.1, 0.15) is 87.0 Å². The molecule has 0 radical (unpaired) electrons. The van der Waals surface area contributed by atoms with Crippen LogP contribution in [0.15, 0.2) is 18.2 Å². The van der Waals surface area contributed by atoms with Gasteiger partial charge in [-0.05, 0) is 37.5 Å². The van der Waals surface area contributed by atoms with Crippen molar-refractivity contribution in [2.75, 3.05) is 0 Å². The summed E-state index contributed by atoms with van der Waals surface area (Å²) in [5.41, 5.74) is 0. The van der Waals surface area contributed by atoms with Gasteiger partial charge in [0.15, 0.2) is 0 Å². The number of carboxylic acid groups (broad SMARTS) is 1. The van der Waals surface area contributed by atoms with Crippen molar-refractivity contribution in [1.82, 2.24) is 0 Å². The standard InChI is InChI=1S/C20H32O4S/c1-2-3-4-5-6-7-10-18(22)19-15-14-17(25-19)13-12-16(21)9-8-11-20(23)24/h12-16,18,21-22H,2-11H2,1H3,(H,23,24)/b13-12+. The summed E-state index contributed by atoms with van der Waals surface area (Å²) in [5, 5.41) is 28.7. The van der Waals surface area contributed by atoms with Crippen molar-refractivity contribution in [2.45, 2.75) is 83.3 Å². The highest BCUT2D eigenvalue weighted by Crippen LogP contribution is 2.28. The van der Waals surface area contributed by atoms with Crippen molar-refractivity contribution in [2.24, 2.45) is 0 Å². The summed E-state index contributed by atoms with van der Waals surface area (Å²) in [6.45, 7) is 2.21. The Morgan fingerprint density at radius 2 is 1.80 bits per heavy atom. The lowest BCUT2D eigenvalue weighted by Gasteiger charge is -2.08. The molecule has 0 saturated heterocycles. The molecule has 0 aliphatic rings. The Labute approximate surface area is 155 Å². The third-order valence-electron chi connectivity index (χ3n) is 4.18. The molecule has 0 amide bonds. The molecule has 0 aromatic carbocycles. The van der Waals surface area contributed by atoms with E-state index in [0.29, 0.717) is 12.8 Å². The van der Waals surface area contributed by atoms with E-state index in [1.807, 2.05) is 18.2 Å². The zero-order chi connectivity index (χ0) is 18.5. The Morgan fingerprint density at radius 1 is 1.08 bits per heavy atom. The maximum absolute atomic E-state index is 10.4. The number of carboxylic acids is 1. The summed E-state index contributed by atoms with van der Waals surface area (Å²) >= 11 is 1.54. The van der Waals surface area contributed by atoms with Gasteiger partial charge < -0.3 is 15.3 Å². The number of unbranched alkanes of at least 4 members (excludes halogenated alkanes) is 5. The fraction of sp³-hybridized carbons (Fsp3) is 0.650. The normalized spacial score (nSPS) is 14.0. The number of thiophene rings is 1. The Kier molecular flexibility index (Phi) is 11.5. The van der Waals surface area contributed by atoms with Gasteiger partial charge in [0.1, 0.15) is 0 Å². The Morgan fingerprint density at radius 3 is 2.52 bits per heavy atom. The smallest absolute Gasteiger partial charge is 0.303 e. The van der Waals surface area contributed by atoms with Crippen LogP contribution in [0, 0.1) is 0 Å². The van der Waals surface area contributed by atoms with Gasteiger partial charge in [0.2, 0.25) is 0 Å². The minimum atomic E-state index is -0.835. The lowest BCUT2D eigenvalue weighted by molar-refractivity contribution is -0.137. The van der Waals surface area contributed by atoms with Gasteiger partial charge in [0.25, 0.3) is 0 Å². The summed E-state index contributed by atoms with van der Waals surface area (Å²) in [6, 6.07) is 3.90. The average molecular weight is 369 g/mol. The minimum Gasteiger partial charge on any atom is -0.481 e. The van der Waals surface area contributed by atoms with Crippen molar-refractivity contribution in [3.05, 3.63) is 28.0 Å². The van der Waals surface area contributed by atoms with Crippen LogP contribution in [-0.4, -0.2) is 27.4 Å². The number of aliphatic carboxylic acids is 1. The summed E-state index contributed by atoms with van der Waals surface area (Å²) < 4.78 is 0. The highest BCUT2D eigenvalue weighted by molar-refractivity contribution is 7.12. The number of aliphatic hydroxyl groups excluding tert-OH is 2. The molecule has 3 N–H and O–H groups in total. The first-order valence-electron chi connectivity index (χ1n) is 9.38. The van der Waals surface area contributed by atoms with E-state index < -0.39 is 18.2 Å². The fourth-order valence-corrected chi connectivity index (χ4v) is 3.61. The topological polar surface area (TPSA) is 77.8 Å². The molecule has 1 heterocycles. The van der Waals surface area contributed by atoms with Crippen LogP contribution in [0.2, 0.25) is 0 Å². The first-order valence-corrected chi connectivity index (χ1v) is 10.2. The third kappa shape index (κ3) is 10.4. The first-order chi connectivity index (χ1) is 12.0. The van der Waals surface area contributed by atoms with E-state index in [0.717, 1.165) is 22.6 Å². The average Bonchev–Trinajstić information content (AvgIpc) is 3.05. The van der Waals surface area contributed by atoms with Gasteiger partial charge in [0.05, 0.1) is 12.2 Å². The fourth-order valence-electron chi connectivity index (χ4n) is 2.66. The zero-order valence-electron chi connectivity index (χ0n) is 15.2. The Hall–Kier alpha value is -1.17. The number of carbonyl (C=O) groups is 1. The van der Waals surface area contributed by atoms with Gasteiger partial charge in [-0.2, -0.15) is 0 Å². The Bertz CT molecular complexity index is 510. The maximum Gasteiger partial charge on any atom is 0.303 e. The van der Waals surface area contributed by atoms with Crippen LogP contribution in [-0.2, 0) is 4.79 Å². The molecule has 5 heteroatoms. The second-order valence-electron chi connectivity index (χ2n) is 6.52. The molecule has 2 atom stereocenters. The molecule has 1 rings (SSSR count). The summed E-state index contributed by atoms with van der Waals surface area (Å²) in [7, 11) is 0. The van der Waals surface area contributed by atoms with Crippen molar-refractivity contribution in [1.29, 1.82) is 0 Å². The van der Waals surface area contributed by atoms with E-state index in [2.05, 4.69) is 6.92 Å². The van der Waals surface area contributed by atoms with E-state index >= 15 is 0 Å². The summed E-state index contributed by atoms with van der Waals surface area (Å²) in [5.74, 6) is -0.835. The molecule has 142 valence electrons. The number of hydrogen-bond acceptors (Lipinski definition) is 4. The Balaban J connectivity index is 2.29. The summed E-state index contributed by atoms with van der Waals surface area (Å²) in [4.78, 5) is 12.4. The molecule has 0 fully saturated rings. The minimum absolute atomic E-state index is 0.0820. The molecule has 0 saturated carbocycles. The molecular formula is C20H32O4S. The van der Waals surface area contributed by atoms with Crippen molar-refractivity contribution in [3.63, 3.8) is 0 Å². The quantitative estimate of drug-likeness (QED) is 0.396. The van der Waals surface area contributed by atoms with Crippen LogP contribution < -0.4 is 0 Å². The van der Waals surface area contributed by atoms with Gasteiger partial charge in [-0.15, -0.1) is 11.3 Å². The molecule has 0 aliphatic heterocycles. The second-order valence-corrected chi connectivity index (χ2v) is 7.67. The molecule has 4 nitrogen and oxygen atoms in total. The monoisotopic (exact) mass is 368 g/mol. The summed E-state index contributed by atoms with van der Waals surface area (Å²) in [6.07, 6.45) is 11.6. The lowest BCUT2D eigenvalue weighted by Crippen LogP contribution is -2.03. The number of aliphatic hydroxyl groups is 2. The van der Waals surface area contributed by atoms with E-state index in [9.17, 15) is 15.0 Å². The van der Waals surface area contributed by atoms with Crippen LogP contribution in [0.25, 0.3) is 6.08 Å². The van der Waals surface area contributed by atoms with E-state index in [-0.39, 0.29) is 6.42 Å². The molecule has 0 bridgehead atoms. The van der Waals surface area contributed by atoms with E-state index in [1.54, 1.807) is 17.4 Å². The number of hydrogen-bond donors (Lipinski definition) is 3. The molecule has 0 spiro atoms. The molecule has 1 aromatic heterocycles. The SMILES string of the molecule is CCCCCCCCC(O)c1ccc(/C=C/C(O)CCCC(=O)O)s1. The van der Waals surface area contributed by atoms with Gasteiger partial charge in [-0.1, -0.05) is 51.5 Å². The van der Waals surface area contributed by atoms with Gasteiger partial charge in [-0.3, -0.25) is 4.79 Å². The molecule has 2 unspecified atom stereocenters. The van der Waals surface area contributed by atoms with Gasteiger partial charge in [0, 0.05) is 16.2 Å². The van der Waals surface area contributed by atoms with E-state index in [1.165, 1.54) is 32.1 Å². The molecule has 0 aliphatic carbocycles. The first kappa shape index (κ1) is 21.9. The predicted molar refractivity (Wildman–Crippen MR) is 104 cm³/mol. The van der Waals surface area contributed by atoms with Crippen molar-refractivity contribution >= 4 is 23.4 Å². The van der Waals surface area contributed by atoms with E-state index in [4.69, 9.17) is 5.11 Å². The lowest BCUT2D eigenvalue weighted by atomic mass is 10.1. The van der Waals surface area contributed by atoms with Crippen LogP contribution in [0.5, 0.6) is 0 Å². The number of rotatable bonds is 14. The van der Waals surface area contributed by atoms with Crippen LogP contribution in [0.4, 0.5) is 0 Å². The van der Waals surface area contributed by atoms with Crippen molar-refractivity contribution < 1.29 is 20.1 Å². The van der Waals surface area contributed by atoms with Gasteiger partial charge >= 0.3 is 5.97 Å². The largest absolute Gasteiger partial charge is 0.481 e. The molecular weight excluding hydrogens is 336 g/mol. The highest BCUT2D eigenvalue weighted by Gasteiger charge is 2.10. The second kappa shape index (κ2) is 13.1. The maximum atomic E-state index is 10.4.